The summed E-state index contributed by atoms with van der Waals surface area (Å²) < 4.78 is 1.52. The van der Waals surface area contributed by atoms with Crippen LogP contribution in [0.25, 0.3) is 0 Å². The topological polar surface area (TPSA) is 95.7 Å². The summed E-state index contributed by atoms with van der Waals surface area (Å²) in [4.78, 5) is 25.8. The predicted octanol–water partition coefficient (Wildman–Crippen LogP) is 2.89. The van der Waals surface area contributed by atoms with Crippen molar-refractivity contribution < 1.29 is 14.8 Å². The second kappa shape index (κ2) is 6.42. The lowest BCUT2D eigenvalue weighted by molar-refractivity contribution is -0.384. The number of nitro benzene ring substituents is 1. The Bertz CT molecular complexity index is 980. The van der Waals surface area contributed by atoms with Gasteiger partial charge in [0.15, 0.2) is 0 Å². The van der Waals surface area contributed by atoms with Crippen LogP contribution in [0.2, 0.25) is 0 Å². The third-order valence-electron chi connectivity index (χ3n) is 4.35. The van der Waals surface area contributed by atoms with Crippen molar-refractivity contribution in [2.45, 2.75) is 24.0 Å². The van der Waals surface area contributed by atoms with E-state index in [0.29, 0.717) is 5.69 Å². The van der Waals surface area contributed by atoms with Crippen LogP contribution in [0.1, 0.15) is 15.7 Å². The van der Waals surface area contributed by atoms with Gasteiger partial charge in [0.2, 0.25) is 5.91 Å². The maximum atomic E-state index is 12.9. The van der Waals surface area contributed by atoms with Gasteiger partial charge in [-0.05, 0) is 25.1 Å². The average Bonchev–Trinajstić information content (AvgIpc) is 2.96. The van der Waals surface area contributed by atoms with Gasteiger partial charge in [-0.25, -0.2) is 0 Å². The van der Waals surface area contributed by atoms with Gasteiger partial charge in [0, 0.05) is 39.5 Å². The van der Waals surface area contributed by atoms with Crippen molar-refractivity contribution in [2.75, 3.05) is 12.4 Å². The Kier molecular flexibility index (Phi) is 4.55. The molecule has 9 heteroatoms. The number of carbonyl (C=O) groups is 1. The third-order valence-corrected chi connectivity index (χ3v) is 8.00. The number of hydrogen-bond donors (Lipinski definition) is 2. The molecule has 0 aliphatic carbocycles. The van der Waals surface area contributed by atoms with Gasteiger partial charge < -0.3 is 10.4 Å². The lowest BCUT2D eigenvalue weighted by atomic mass is 10.0. The Balaban J connectivity index is 1.94. The molecule has 0 bridgehead atoms. The first-order valence-electron chi connectivity index (χ1n) is 7.69. The number of aliphatic hydroxyl groups excluding tert-OH is 1. The van der Waals surface area contributed by atoms with Crippen LogP contribution >= 0.6 is 20.7 Å². The molecule has 1 aromatic heterocycles. The zero-order chi connectivity index (χ0) is 19.2. The number of aryl methyl sites for hydroxylation is 1. The number of nitrogens with zero attached hydrogens (tertiary/aromatic N) is 2. The Labute approximate surface area is 155 Å². The fourth-order valence-corrected chi connectivity index (χ4v) is 6.22. The van der Waals surface area contributed by atoms with Gasteiger partial charge in [-0.15, -0.1) is 20.7 Å². The van der Waals surface area contributed by atoms with E-state index in [4.69, 9.17) is 0 Å². The number of rotatable bonds is 4. The van der Waals surface area contributed by atoms with Crippen LogP contribution in [0.5, 0.6) is 0 Å². The lowest BCUT2D eigenvalue weighted by Gasteiger charge is -2.38. The minimum absolute atomic E-state index is 0.0443. The van der Waals surface area contributed by atoms with Crippen LogP contribution in [0, 0.1) is 17.0 Å². The molecule has 2 N–H and O–H groups in total. The number of nitrogens with one attached hydrogen (secondary N) is 1. The quantitative estimate of drug-likeness (QED) is 0.360. The average molecular weight is 393 g/mol. The first-order chi connectivity index (χ1) is 12.1. The minimum atomic E-state index is -1.92. The molecule has 7 nitrogen and oxygen atoms in total. The summed E-state index contributed by atoms with van der Waals surface area (Å²) in [6.07, 6.45) is -1.18. The van der Waals surface area contributed by atoms with Crippen molar-refractivity contribution in [1.82, 2.24) is 4.31 Å². The van der Waals surface area contributed by atoms with E-state index in [-0.39, 0.29) is 11.6 Å². The number of carbonyl (C=O) groups excluding carboxylic acids is 1. The first kappa shape index (κ1) is 18.4. The van der Waals surface area contributed by atoms with Crippen molar-refractivity contribution >= 4 is 49.8 Å². The predicted molar refractivity (Wildman–Crippen MR) is 107 cm³/mol. The number of aliphatic hydroxyl groups is 1. The summed E-state index contributed by atoms with van der Waals surface area (Å²) >= 11 is 1.46. The molecular formula is C17H19N3O4S2. The van der Waals surface area contributed by atoms with E-state index < -0.39 is 26.5 Å². The van der Waals surface area contributed by atoms with Crippen LogP contribution < -0.4 is 5.32 Å². The zero-order valence-electron chi connectivity index (χ0n) is 14.3. The fourth-order valence-electron chi connectivity index (χ4n) is 2.86. The largest absolute Gasteiger partial charge is 0.373 e. The molecule has 1 aromatic carbocycles. The molecular weight excluding hydrogens is 374 g/mol. The zero-order valence-corrected chi connectivity index (χ0v) is 16.0. The molecule has 0 radical (unpaired) electrons. The summed E-state index contributed by atoms with van der Waals surface area (Å²) in [6, 6.07) is 7.65. The molecule has 3 rings (SSSR count). The molecule has 1 amide bonds. The Morgan fingerprint density at radius 1 is 1.38 bits per heavy atom. The van der Waals surface area contributed by atoms with Gasteiger partial charge in [-0.1, -0.05) is 11.7 Å². The van der Waals surface area contributed by atoms with Crippen LogP contribution in [-0.2, 0) is 4.79 Å². The van der Waals surface area contributed by atoms with Crippen molar-refractivity contribution in [1.29, 1.82) is 0 Å². The van der Waals surface area contributed by atoms with E-state index in [1.807, 2.05) is 13.0 Å². The number of hydrogen-bond acceptors (Lipinski definition) is 6. The molecule has 1 unspecified atom stereocenters. The lowest BCUT2D eigenvalue weighted by Crippen LogP contribution is -2.41. The SMILES string of the molecule is C=S1(=C)c2cc(C)sc2C([C@@H](O)Nc2ccc([N+](=O)[O-])cc2)C(=O)N1C. The van der Waals surface area contributed by atoms with Crippen LogP contribution in [-0.4, -0.2) is 45.3 Å². The Hall–Kier alpha value is -2.36. The third kappa shape index (κ3) is 2.98. The molecule has 1 aliphatic heterocycles. The molecule has 0 spiro atoms. The van der Waals surface area contributed by atoms with Gasteiger partial charge in [-0.2, -0.15) is 0 Å². The van der Waals surface area contributed by atoms with E-state index in [1.54, 1.807) is 7.05 Å². The summed E-state index contributed by atoms with van der Waals surface area (Å²) in [5, 5.41) is 24.3. The van der Waals surface area contributed by atoms with Crippen molar-refractivity contribution in [3.63, 3.8) is 0 Å². The highest BCUT2D eigenvalue weighted by Crippen LogP contribution is 2.50. The molecule has 0 saturated carbocycles. The number of nitro groups is 1. The summed E-state index contributed by atoms with van der Waals surface area (Å²) in [7, 11) is -0.271. The molecule has 2 atom stereocenters. The fraction of sp³-hybridized carbons (Fsp3) is 0.235. The van der Waals surface area contributed by atoms with Gasteiger partial charge >= 0.3 is 0 Å². The first-order valence-corrected chi connectivity index (χ1v) is 10.4. The Morgan fingerprint density at radius 2 is 2.00 bits per heavy atom. The highest BCUT2D eigenvalue weighted by molar-refractivity contribution is 8.26. The second-order valence-corrected chi connectivity index (χ2v) is 10.1. The highest BCUT2D eigenvalue weighted by atomic mass is 32.2. The van der Waals surface area contributed by atoms with Gasteiger partial charge in [0.05, 0.1) is 4.92 Å². The number of likely N-dealkylation sites (N-methyl/N-ethyl adjacent to an activating group) is 1. The normalized spacial score (nSPS) is 19.7. The second-order valence-electron chi connectivity index (χ2n) is 6.13. The van der Waals surface area contributed by atoms with Crippen molar-refractivity contribution in [3.8, 4) is 0 Å². The minimum Gasteiger partial charge on any atom is -0.373 e. The van der Waals surface area contributed by atoms with Crippen LogP contribution in [0.4, 0.5) is 11.4 Å². The van der Waals surface area contributed by atoms with Crippen molar-refractivity contribution in [3.05, 3.63) is 50.2 Å². The Morgan fingerprint density at radius 3 is 2.58 bits per heavy atom. The number of non-ortho nitro benzene ring substituents is 1. The highest BCUT2D eigenvalue weighted by Gasteiger charge is 2.40. The van der Waals surface area contributed by atoms with Crippen LogP contribution in [0.15, 0.2) is 35.2 Å². The number of anilines is 1. The number of fused-ring (bicyclic) bond motifs is 1. The van der Waals surface area contributed by atoms with Gasteiger partial charge in [0.1, 0.15) is 12.1 Å². The van der Waals surface area contributed by atoms with E-state index in [2.05, 4.69) is 17.1 Å². The van der Waals surface area contributed by atoms with Gasteiger partial charge in [0.25, 0.3) is 5.69 Å². The number of thiophene rings is 1. The van der Waals surface area contributed by atoms with Gasteiger partial charge in [-0.3, -0.25) is 19.2 Å². The molecule has 138 valence electrons. The van der Waals surface area contributed by atoms with E-state index in [0.717, 1.165) is 14.6 Å². The maximum absolute atomic E-state index is 12.9. The molecule has 1 aliphatic rings. The smallest absolute Gasteiger partial charge is 0.269 e. The van der Waals surface area contributed by atoms with E-state index in [9.17, 15) is 20.0 Å². The molecule has 2 aromatic rings. The standard InChI is InChI=1S/C17H19N3O4S2/c1-10-9-13-15(25-10)14(17(22)19(2)26(13,3)4)16(21)18-11-5-7-12(8-6-11)20(23)24/h5-9,14,16,18,21H,3-4H2,1-2H3/t14?,16-/m1/s1. The molecule has 2 heterocycles. The summed E-state index contributed by atoms with van der Waals surface area (Å²) in [6.45, 7) is 1.94. The number of amides is 1. The van der Waals surface area contributed by atoms with Crippen LogP contribution in [0.3, 0.4) is 0 Å². The number of benzene rings is 1. The monoisotopic (exact) mass is 393 g/mol. The van der Waals surface area contributed by atoms with E-state index in [1.165, 1.54) is 39.9 Å². The summed E-state index contributed by atoms with van der Waals surface area (Å²) in [5.41, 5.74) is 0.444. The summed E-state index contributed by atoms with van der Waals surface area (Å²) in [5.74, 6) is 7.24. The molecule has 0 saturated heterocycles. The molecule has 0 fully saturated rings. The molecule has 26 heavy (non-hydrogen) atoms. The maximum Gasteiger partial charge on any atom is 0.269 e. The van der Waals surface area contributed by atoms with E-state index >= 15 is 0 Å². The van der Waals surface area contributed by atoms with Crippen molar-refractivity contribution in [2.24, 2.45) is 0 Å².